The predicted octanol–water partition coefficient (Wildman–Crippen LogP) is 5.23. The molecule has 0 bridgehead atoms. The second-order valence-electron chi connectivity index (χ2n) is 5.43. The van der Waals surface area contributed by atoms with Crippen molar-refractivity contribution in [2.45, 2.75) is 13.5 Å². The lowest BCUT2D eigenvalue weighted by Crippen LogP contribution is -2.23. The zero-order valence-corrected chi connectivity index (χ0v) is 15.0. The predicted molar refractivity (Wildman–Crippen MR) is 99.2 cm³/mol. The van der Waals surface area contributed by atoms with Crippen LogP contribution >= 0.6 is 34.8 Å². The third-order valence-electron chi connectivity index (χ3n) is 3.71. The standard InChI is InChI=1S/C18H13Cl3N2O/c1-11-5-6-12(7-15(11)13-3-2-4-14(19)8-13)10-23-18(24)17(21)16(20)9-22-23/h2-9H,10H2,1H3. The molecule has 0 unspecified atom stereocenters. The maximum atomic E-state index is 12.1. The van der Waals surface area contributed by atoms with Crippen LogP contribution in [-0.2, 0) is 6.54 Å². The molecule has 0 N–H and O–H groups in total. The van der Waals surface area contributed by atoms with E-state index in [0.717, 1.165) is 22.3 Å². The van der Waals surface area contributed by atoms with Gasteiger partial charge in [0.1, 0.15) is 5.02 Å². The van der Waals surface area contributed by atoms with Crippen molar-refractivity contribution in [3.63, 3.8) is 0 Å². The Morgan fingerprint density at radius 2 is 1.88 bits per heavy atom. The van der Waals surface area contributed by atoms with Crippen LogP contribution in [0.15, 0.2) is 53.5 Å². The highest BCUT2D eigenvalue weighted by Crippen LogP contribution is 2.27. The van der Waals surface area contributed by atoms with Crippen molar-refractivity contribution in [1.82, 2.24) is 9.78 Å². The lowest BCUT2D eigenvalue weighted by atomic mass is 9.98. The minimum atomic E-state index is -0.408. The number of aryl methyl sites for hydroxylation is 1. The highest BCUT2D eigenvalue weighted by Gasteiger charge is 2.09. The van der Waals surface area contributed by atoms with Crippen LogP contribution in [-0.4, -0.2) is 9.78 Å². The molecule has 0 saturated carbocycles. The molecule has 3 nitrogen and oxygen atoms in total. The van der Waals surface area contributed by atoms with Gasteiger partial charge in [-0.2, -0.15) is 5.10 Å². The first-order valence-electron chi connectivity index (χ1n) is 7.22. The molecule has 6 heteroatoms. The molecule has 122 valence electrons. The van der Waals surface area contributed by atoms with E-state index in [1.54, 1.807) is 0 Å². The molecule has 0 radical (unpaired) electrons. The summed E-state index contributed by atoms with van der Waals surface area (Å²) < 4.78 is 1.29. The number of hydrogen-bond acceptors (Lipinski definition) is 2. The monoisotopic (exact) mass is 378 g/mol. The summed E-state index contributed by atoms with van der Waals surface area (Å²) in [6.45, 7) is 2.34. The normalized spacial score (nSPS) is 10.8. The fraction of sp³-hybridized carbons (Fsp3) is 0.111. The van der Waals surface area contributed by atoms with E-state index in [2.05, 4.69) is 5.10 Å². The summed E-state index contributed by atoms with van der Waals surface area (Å²) in [5.74, 6) is 0. The van der Waals surface area contributed by atoms with Crippen molar-refractivity contribution in [2.24, 2.45) is 0 Å². The molecule has 1 aromatic heterocycles. The molecule has 3 rings (SSSR count). The van der Waals surface area contributed by atoms with Crippen molar-refractivity contribution in [3.05, 3.63) is 85.2 Å². The first kappa shape index (κ1) is 17.0. The molecule has 0 aliphatic heterocycles. The Hall–Kier alpha value is -1.81. The van der Waals surface area contributed by atoms with Gasteiger partial charge in [0.15, 0.2) is 0 Å². The topological polar surface area (TPSA) is 34.9 Å². The first-order valence-corrected chi connectivity index (χ1v) is 8.35. The zero-order valence-electron chi connectivity index (χ0n) is 12.8. The smallest absolute Gasteiger partial charge is 0.266 e. The molecule has 2 aromatic carbocycles. The SMILES string of the molecule is Cc1ccc(Cn2ncc(Cl)c(Cl)c2=O)cc1-c1cccc(Cl)c1. The van der Waals surface area contributed by atoms with Crippen LogP contribution in [0.1, 0.15) is 11.1 Å². The van der Waals surface area contributed by atoms with E-state index in [0.29, 0.717) is 11.6 Å². The van der Waals surface area contributed by atoms with Crippen LogP contribution in [0.25, 0.3) is 11.1 Å². The molecular formula is C18H13Cl3N2O. The molecule has 0 fully saturated rings. The van der Waals surface area contributed by atoms with Crippen LogP contribution in [0.3, 0.4) is 0 Å². The molecule has 0 atom stereocenters. The fourth-order valence-corrected chi connectivity index (χ4v) is 2.93. The highest BCUT2D eigenvalue weighted by molar-refractivity contribution is 6.41. The van der Waals surface area contributed by atoms with E-state index >= 15 is 0 Å². The van der Waals surface area contributed by atoms with Gasteiger partial charge in [0.05, 0.1) is 17.8 Å². The van der Waals surface area contributed by atoms with Gasteiger partial charge in [-0.25, -0.2) is 4.68 Å². The molecule has 3 aromatic rings. The summed E-state index contributed by atoms with van der Waals surface area (Å²) >= 11 is 17.8. The number of halogens is 3. The van der Waals surface area contributed by atoms with Gasteiger partial charge in [-0.05, 0) is 47.4 Å². The van der Waals surface area contributed by atoms with Crippen molar-refractivity contribution in [1.29, 1.82) is 0 Å². The van der Waals surface area contributed by atoms with Gasteiger partial charge >= 0.3 is 0 Å². The summed E-state index contributed by atoms with van der Waals surface area (Å²) in [6.07, 6.45) is 1.37. The Labute approximate surface area is 154 Å². The Morgan fingerprint density at radius 1 is 1.08 bits per heavy atom. The molecule has 0 aliphatic rings. The zero-order chi connectivity index (χ0) is 17.3. The van der Waals surface area contributed by atoms with Gasteiger partial charge in [0.2, 0.25) is 0 Å². The number of rotatable bonds is 3. The van der Waals surface area contributed by atoms with Gasteiger partial charge in [-0.3, -0.25) is 4.79 Å². The lowest BCUT2D eigenvalue weighted by molar-refractivity contribution is 0.639. The summed E-state index contributed by atoms with van der Waals surface area (Å²) in [5, 5.41) is 4.85. The van der Waals surface area contributed by atoms with Crippen molar-refractivity contribution in [3.8, 4) is 11.1 Å². The number of nitrogens with zero attached hydrogens (tertiary/aromatic N) is 2. The molecule has 0 amide bonds. The van der Waals surface area contributed by atoms with Gasteiger partial charge in [-0.15, -0.1) is 0 Å². The summed E-state index contributed by atoms with van der Waals surface area (Å²) in [6, 6.07) is 13.7. The lowest BCUT2D eigenvalue weighted by Gasteiger charge is -2.11. The average Bonchev–Trinajstić information content (AvgIpc) is 2.57. The average molecular weight is 380 g/mol. The summed E-state index contributed by atoms with van der Waals surface area (Å²) in [7, 11) is 0. The number of aromatic nitrogens is 2. The van der Waals surface area contributed by atoms with Gasteiger partial charge in [0.25, 0.3) is 5.56 Å². The second-order valence-corrected chi connectivity index (χ2v) is 6.65. The second kappa shape index (κ2) is 6.98. The quantitative estimate of drug-likeness (QED) is 0.625. The van der Waals surface area contributed by atoms with Crippen molar-refractivity contribution < 1.29 is 0 Å². The van der Waals surface area contributed by atoms with Crippen LogP contribution in [0.4, 0.5) is 0 Å². The van der Waals surface area contributed by atoms with E-state index in [4.69, 9.17) is 34.8 Å². The van der Waals surface area contributed by atoms with E-state index in [1.807, 2.05) is 49.4 Å². The Bertz CT molecular complexity index is 967. The summed E-state index contributed by atoms with van der Waals surface area (Å²) in [5.41, 5.74) is 3.73. The van der Waals surface area contributed by atoms with Crippen molar-refractivity contribution in [2.75, 3.05) is 0 Å². The van der Waals surface area contributed by atoms with E-state index in [9.17, 15) is 4.79 Å². The largest absolute Gasteiger partial charge is 0.287 e. The summed E-state index contributed by atoms with van der Waals surface area (Å²) in [4.78, 5) is 12.1. The molecule has 1 heterocycles. The molecule has 0 spiro atoms. The molecule has 0 aliphatic carbocycles. The minimum Gasteiger partial charge on any atom is -0.266 e. The van der Waals surface area contributed by atoms with Gasteiger partial charge in [-0.1, -0.05) is 59.1 Å². The van der Waals surface area contributed by atoms with E-state index < -0.39 is 5.56 Å². The third kappa shape index (κ3) is 3.48. The Balaban J connectivity index is 2.01. The van der Waals surface area contributed by atoms with E-state index in [1.165, 1.54) is 10.9 Å². The molecular weight excluding hydrogens is 367 g/mol. The van der Waals surface area contributed by atoms with E-state index in [-0.39, 0.29) is 10.0 Å². The number of benzene rings is 2. The van der Waals surface area contributed by atoms with Crippen LogP contribution < -0.4 is 5.56 Å². The first-order chi connectivity index (χ1) is 11.5. The van der Waals surface area contributed by atoms with Crippen LogP contribution in [0.2, 0.25) is 15.1 Å². The molecule has 24 heavy (non-hydrogen) atoms. The minimum absolute atomic E-state index is 0.0196. The third-order valence-corrected chi connectivity index (χ3v) is 4.70. The number of hydrogen-bond donors (Lipinski definition) is 0. The van der Waals surface area contributed by atoms with Gasteiger partial charge < -0.3 is 0 Å². The fourth-order valence-electron chi connectivity index (χ4n) is 2.47. The maximum Gasteiger partial charge on any atom is 0.287 e. The van der Waals surface area contributed by atoms with Crippen molar-refractivity contribution >= 4 is 34.8 Å². The van der Waals surface area contributed by atoms with Crippen LogP contribution in [0.5, 0.6) is 0 Å². The Kier molecular flexibility index (Phi) is 4.95. The van der Waals surface area contributed by atoms with Crippen LogP contribution in [0, 0.1) is 6.92 Å². The highest BCUT2D eigenvalue weighted by atomic mass is 35.5. The maximum absolute atomic E-state index is 12.1. The Morgan fingerprint density at radius 3 is 2.62 bits per heavy atom. The molecule has 0 saturated heterocycles. The van der Waals surface area contributed by atoms with Gasteiger partial charge in [0, 0.05) is 5.02 Å².